The van der Waals surface area contributed by atoms with Crippen molar-refractivity contribution in [3.05, 3.63) is 35.3 Å². The van der Waals surface area contributed by atoms with Crippen molar-refractivity contribution in [2.75, 3.05) is 11.6 Å². The average Bonchev–Trinajstić information content (AvgIpc) is 3.25. The third-order valence-corrected chi connectivity index (χ3v) is 6.16. The highest BCUT2D eigenvalue weighted by Crippen LogP contribution is 2.24. The third-order valence-electron chi connectivity index (χ3n) is 4.15. The van der Waals surface area contributed by atoms with Crippen LogP contribution in [0.4, 0.5) is 0 Å². The Bertz CT molecular complexity index is 769. The van der Waals surface area contributed by atoms with Gasteiger partial charge in [-0.3, -0.25) is 9.59 Å². The Hall–Kier alpha value is -1.86. The average molecular weight is 376 g/mol. The van der Waals surface area contributed by atoms with Crippen LogP contribution in [-0.4, -0.2) is 45.4 Å². The summed E-state index contributed by atoms with van der Waals surface area (Å²) in [5.74, 6) is 0.972. The number of hydrogen-bond acceptors (Lipinski definition) is 5. The first kappa shape index (κ1) is 17.9. The van der Waals surface area contributed by atoms with Crippen LogP contribution in [0.1, 0.15) is 25.3 Å². The van der Waals surface area contributed by atoms with Gasteiger partial charge in [0.15, 0.2) is 0 Å². The number of amides is 2. The van der Waals surface area contributed by atoms with Gasteiger partial charge in [-0.25, -0.2) is 4.98 Å². The number of rotatable bonds is 5. The predicted molar refractivity (Wildman–Crippen MR) is 105 cm³/mol. The van der Waals surface area contributed by atoms with Gasteiger partial charge < -0.3 is 10.2 Å². The van der Waals surface area contributed by atoms with Crippen molar-refractivity contribution in [2.45, 2.75) is 32.4 Å². The van der Waals surface area contributed by atoms with Crippen molar-refractivity contribution >= 4 is 51.2 Å². The van der Waals surface area contributed by atoms with Gasteiger partial charge in [-0.05, 0) is 31.6 Å². The summed E-state index contributed by atoms with van der Waals surface area (Å²) in [5, 5.41) is 3.76. The lowest BCUT2D eigenvalue weighted by atomic mass is 10.2. The van der Waals surface area contributed by atoms with Gasteiger partial charge in [-0.15, -0.1) is 23.1 Å². The molecule has 1 aliphatic rings. The number of carbonyl (C=O) groups excluding carboxylic acids is 2. The minimum Gasteiger partial charge on any atom is -0.352 e. The highest BCUT2D eigenvalue weighted by Gasteiger charge is 2.33. The maximum absolute atomic E-state index is 12.5. The molecule has 1 N–H and O–H groups in total. The second-order valence-electron chi connectivity index (χ2n) is 5.99. The quantitative estimate of drug-likeness (QED) is 0.816. The molecule has 0 bridgehead atoms. The Morgan fingerprint density at radius 1 is 1.44 bits per heavy atom. The van der Waals surface area contributed by atoms with E-state index in [4.69, 9.17) is 0 Å². The molecule has 5 nitrogen and oxygen atoms in total. The molecule has 0 spiro atoms. The van der Waals surface area contributed by atoms with E-state index in [0.29, 0.717) is 11.6 Å². The monoisotopic (exact) mass is 375 g/mol. The summed E-state index contributed by atoms with van der Waals surface area (Å²) in [6.07, 6.45) is 4.13. The summed E-state index contributed by atoms with van der Waals surface area (Å²) < 4.78 is 1.09. The van der Waals surface area contributed by atoms with Gasteiger partial charge in [-0.2, -0.15) is 0 Å². The van der Waals surface area contributed by atoms with Crippen molar-refractivity contribution in [2.24, 2.45) is 0 Å². The van der Waals surface area contributed by atoms with Crippen molar-refractivity contribution in [3.8, 4) is 0 Å². The number of nitrogens with zero attached hydrogens (tertiary/aromatic N) is 2. The van der Waals surface area contributed by atoms with E-state index in [0.717, 1.165) is 21.6 Å². The largest absolute Gasteiger partial charge is 0.352 e. The van der Waals surface area contributed by atoms with Crippen LogP contribution < -0.4 is 5.32 Å². The Morgan fingerprint density at radius 3 is 3.00 bits per heavy atom. The highest BCUT2D eigenvalue weighted by molar-refractivity contribution is 7.99. The van der Waals surface area contributed by atoms with E-state index in [-0.39, 0.29) is 17.9 Å². The van der Waals surface area contributed by atoms with Gasteiger partial charge >= 0.3 is 0 Å². The van der Waals surface area contributed by atoms with Gasteiger partial charge in [0.2, 0.25) is 11.8 Å². The molecule has 1 aromatic carbocycles. The lowest BCUT2D eigenvalue weighted by Gasteiger charge is -2.23. The summed E-state index contributed by atoms with van der Waals surface area (Å²) in [6, 6.07) is 7.61. The fraction of sp³-hybridized carbons (Fsp3) is 0.389. The zero-order valence-electron chi connectivity index (χ0n) is 14.3. The Labute approximate surface area is 155 Å². The minimum atomic E-state index is -0.397. The van der Waals surface area contributed by atoms with Gasteiger partial charge in [0.1, 0.15) is 11.0 Å². The van der Waals surface area contributed by atoms with E-state index in [9.17, 15) is 9.59 Å². The van der Waals surface area contributed by atoms with E-state index in [1.54, 1.807) is 34.1 Å². The topological polar surface area (TPSA) is 62.3 Å². The van der Waals surface area contributed by atoms with E-state index >= 15 is 0 Å². The van der Waals surface area contributed by atoms with Gasteiger partial charge in [0, 0.05) is 17.9 Å². The fourth-order valence-electron chi connectivity index (χ4n) is 2.52. The molecule has 25 heavy (non-hydrogen) atoms. The second kappa shape index (κ2) is 8.01. The number of fused-ring (bicyclic) bond motifs is 1. The van der Waals surface area contributed by atoms with E-state index in [2.05, 4.69) is 10.3 Å². The number of para-hydroxylation sites is 1. The molecule has 2 atom stereocenters. The van der Waals surface area contributed by atoms with Crippen molar-refractivity contribution in [1.82, 2.24) is 15.2 Å². The molecule has 0 saturated carbocycles. The van der Waals surface area contributed by atoms with E-state index < -0.39 is 6.04 Å². The summed E-state index contributed by atoms with van der Waals surface area (Å²) in [6.45, 7) is 4.00. The van der Waals surface area contributed by atoms with Crippen LogP contribution in [-0.2, 0) is 9.59 Å². The number of hydrogen-bond donors (Lipinski definition) is 1. The van der Waals surface area contributed by atoms with Crippen molar-refractivity contribution in [3.63, 3.8) is 0 Å². The molecule has 1 aliphatic heterocycles. The Kier molecular flexibility index (Phi) is 5.75. The van der Waals surface area contributed by atoms with Gasteiger partial charge in [0.25, 0.3) is 0 Å². The maximum atomic E-state index is 12.5. The molecule has 1 saturated heterocycles. The molecule has 2 unspecified atom stereocenters. The SMILES string of the molecule is CCC(C)NC(=O)C1CSCN1C(=O)C=Cc1nc2ccccc2s1. The normalized spacial score (nSPS) is 18.8. The number of nitrogens with one attached hydrogen (secondary N) is 1. The standard InChI is InChI=1S/C18H21N3O2S2/c1-3-12(2)19-18(23)14-10-24-11-21(14)17(22)9-8-16-20-13-6-4-5-7-15(13)25-16/h4-9,12,14H,3,10-11H2,1-2H3,(H,19,23). The summed E-state index contributed by atoms with van der Waals surface area (Å²) in [7, 11) is 0. The summed E-state index contributed by atoms with van der Waals surface area (Å²) in [4.78, 5) is 31.0. The first-order chi connectivity index (χ1) is 12.1. The smallest absolute Gasteiger partial charge is 0.248 e. The van der Waals surface area contributed by atoms with Crippen molar-refractivity contribution < 1.29 is 9.59 Å². The molecule has 1 aromatic heterocycles. The fourth-order valence-corrected chi connectivity index (χ4v) is 4.55. The van der Waals surface area contributed by atoms with Crippen LogP contribution in [0.2, 0.25) is 0 Å². The van der Waals surface area contributed by atoms with Gasteiger partial charge in [0.05, 0.1) is 16.1 Å². The van der Waals surface area contributed by atoms with Gasteiger partial charge in [-0.1, -0.05) is 19.1 Å². The molecular formula is C18H21N3O2S2. The first-order valence-electron chi connectivity index (χ1n) is 8.31. The predicted octanol–water partition coefficient (Wildman–Crippen LogP) is 3.13. The molecule has 7 heteroatoms. The van der Waals surface area contributed by atoms with Crippen molar-refractivity contribution in [1.29, 1.82) is 0 Å². The Balaban J connectivity index is 1.67. The molecule has 2 amide bonds. The molecule has 2 heterocycles. The summed E-state index contributed by atoms with van der Waals surface area (Å²) >= 11 is 3.15. The molecule has 1 fully saturated rings. The number of thiazole rings is 1. The second-order valence-corrected chi connectivity index (χ2v) is 8.06. The van der Waals surface area contributed by atoms with Crippen LogP contribution in [0.5, 0.6) is 0 Å². The molecule has 132 valence electrons. The van der Waals surface area contributed by atoms with E-state index in [1.807, 2.05) is 38.1 Å². The Morgan fingerprint density at radius 2 is 2.24 bits per heavy atom. The van der Waals surface area contributed by atoms with Crippen LogP contribution in [0, 0.1) is 0 Å². The van der Waals surface area contributed by atoms with Crippen LogP contribution in [0.25, 0.3) is 16.3 Å². The molecule has 0 radical (unpaired) electrons. The summed E-state index contributed by atoms with van der Waals surface area (Å²) in [5.41, 5.74) is 0.933. The van der Waals surface area contributed by atoms with Crippen LogP contribution >= 0.6 is 23.1 Å². The zero-order valence-corrected chi connectivity index (χ0v) is 15.9. The zero-order chi connectivity index (χ0) is 17.8. The number of aromatic nitrogens is 1. The lowest BCUT2D eigenvalue weighted by molar-refractivity contribution is -0.135. The first-order valence-corrected chi connectivity index (χ1v) is 10.3. The number of thioether (sulfide) groups is 1. The molecular weight excluding hydrogens is 354 g/mol. The molecule has 3 rings (SSSR count). The number of benzene rings is 1. The highest BCUT2D eigenvalue weighted by atomic mass is 32.2. The minimum absolute atomic E-state index is 0.0684. The number of carbonyl (C=O) groups is 2. The van der Waals surface area contributed by atoms with E-state index in [1.165, 1.54) is 6.08 Å². The molecule has 0 aliphatic carbocycles. The maximum Gasteiger partial charge on any atom is 0.248 e. The lowest BCUT2D eigenvalue weighted by Crippen LogP contribution is -2.48. The van der Waals surface area contributed by atoms with Crippen LogP contribution in [0.3, 0.4) is 0 Å². The van der Waals surface area contributed by atoms with Crippen LogP contribution in [0.15, 0.2) is 30.3 Å². The third kappa shape index (κ3) is 4.22. The molecule has 2 aromatic rings.